The van der Waals surface area contributed by atoms with Gasteiger partial charge < -0.3 is 14.4 Å². The molecule has 2 aromatic carbocycles. The van der Waals surface area contributed by atoms with E-state index in [0.29, 0.717) is 35.8 Å². The fourth-order valence-electron chi connectivity index (χ4n) is 4.70. The van der Waals surface area contributed by atoms with Crippen LogP contribution in [0.1, 0.15) is 36.1 Å². The number of nitrogens with zero attached hydrogens (tertiary/aromatic N) is 2. The van der Waals surface area contributed by atoms with Crippen LogP contribution >= 0.6 is 0 Å². The number of amides is 2. The first-order valence-corrected chi connectivity index (χ1v) is 11.0. The van der Waals surface area contributed by atoms with Gasteiger partial charge in [0.2, 0.25) is 0 Å². The smallest absolute Gasteiger partial charge is 0.282 e. The number of morpholine rings is 1. The molecule has 32 heavy (non-hydrogen) atoms. The Hall–Kier alpha value is -3.12. The Bertz CT molecular complexity index is 1110. The number of carbonyl (C=O) groups is 2. The summed E-state index contributed by atoms with van der Waals surface area (Å²) in [5.74, 6) is -0.162. The second kappa shape index (κ2) is 8.43. The highest BCUT2D eigenvalue weighted by molar-refractivity contribution is 6.45. The van der Waals surface area contributed by atoms with Gasteiger partial charge in [-0.1, -0.05) is 29.8 Å². The Morgan fingerprint density at radius 3 is 2.16 bits per heavy atom. The second-order valence-electron chi connectivity index (χ2n) is 8.83. The number of hydrogen-bond acceptors (Lipinski definition) is 5. The third-order valence-corrected chi connectivity index (χ3v) is 6.02. The molecule has 6 nitrogen and oxygen atoms in total. The Labute approximate surface area is 189 Å². The van der Waals surface area contributed by atoms with Crippen LogP contribution in [0.5, 0.6) is 5.75 Å². The molecule has 2 unspecified atom stereocenters. The fourth-order valence-corrected chi connectivity index (χ4v) is 4.70. The molecule has 2 aliphatic rings. The van der Waals surface area contributed by atoms with Crippen molar-refractivity contribution in [3.63, 3.8) is 0 Å². The molecule has 2 atom stereocenters. The minimum absolute atomic E-state index is 0.0444. The van der Waals surface area contributed by atoms with Crippen molar-refractivity contribution in [1.82, 2.24) is 4.90 Å². The number of ether oxygens (including phenoxy) is 2. The van der Waals surface area contributed by atoms with Crippen LogP contribution in [0.25, 0.3) is 5.57 Å². The number of anilines is 1. The van der Waals surface area contributed by atoms with E-state index >= 15 is 0 Å². The lowest BCUT2D eigenvalue weighted by Gasteiger charge is -2.37. The maximum atomic E-state index is 13.9. The predicted octanol–water partition coefficient (Wildman–Crippen LogP) is 4.01. The number of aryl methyl sites for hydroxylation is 3. The Morgan fingerprint density at radius 1 is 0.906 bits per heavy atom. The highest BCUT2D eigenvalue weighted by atomic mass is 16.5. The van der Waals surface area contributed by atoms with Crippen molar-refractivity contribution in [1.29, 1.82) is 0 Å². The van der Waals surface area contributed by atoms with E-state index in [0.717, 1.165) is 22.3 Å². The van der Waals surface area contributed by atoms with E-state index in [1.807, 2.05) is 69.9 Å². The largest absolute Gasteiger partial charge is 0.495 e. The highest BCUT2D eigenvalue weighted by Crippen LogP contribution is 2.40. The van der Waals surface area contributed by atoms with Crippen LogP contribution < -0.4 is 9.64 Å². The first-order chi connectivity index (χ1) is 15.2. The average Bonchev–Trinajstić information content (AvgIpc) is 2.97. The van der Waals surface area contributed by atoms with Crippen molar-refractivity contribution >= 4 is 23.1 Å². The van der Waals surface area contributed by atoms with Crippen molar-refractivity contribution in [2.24, 2.45) is 0 Å². The van der Waals surface area contributed by atoms with Crippen LogP contribution in [-0.2, 0) is 14.3 Å². The van der Waals surface area contributed by atoms with Gasteiger partial charge in [-0.2, -0.15) is 0 Å². The van der Waals surface area contributed by atoms with Crippen LogP contribution in [0.4, 0.5) is 5.69 Å². The summed E-state index contributed by atoms with van der Waals surface area (Å²) in [6.07, 6.45) is -0.0888. The van der Waals surface area contributed by atoms with Crippen LogP contribution in [0.2, 0.25) is 0 Å². The molecule has 1 fully saturated rings. The third-order valence-electron chi connectivity index (χ3n) is 6.02. The number of hydrogen-bond donors (Lipinski definition) is 0. The van der Waals surface area contributed by atoms with Gasteiger partial charge in [-0.3, -0.25) is 9.59 Å². The summed E-state index contributed by atoms with van der Waals surface area (Å²) >= 11 is 0. The van der Waals surface area contributed by atoms with Gasteiger partial charge >= 0.3 is 0 Å². The number of carbonyl (C=O) groups excluding carboxylic acids is 2. The zero-order valence-corrected chi connectivity index (χ0v) is 19.6. The Morgan fingerprint density at radius 2 is 1.53 bits per heavy atom. The molecule has 2 aliphatic heterocycles. The van der Waals surface area contributed by atoms with Crippen LogP contribution in [0.15, 0.2) is 42.1 Å². The normalized spacial score (nSPS) is 21.6. The summed E-state index contributed by atoms with van der Waals surface area (Å²) in [6, 6.07) is 11.5. The van der Waals surface area contributed by atoms with Crippen LogP contribution in [0.3, 0.4) is 0 Å². The summed E-state index contributed by atoms with van der Waals surface area (Å²) in [5, 5.41) is 0. The first-order valence-electron chi connectivity index (χ1n) is 11.0. The van der Waals surface area contributed by atoms with Gasteiger partial charge in [-0.05, 0) is 63.4 Å². The number of imide groups is 1. The Balaban J connectivity index is 1.90. The van der Waals surface area contributed by atoms with Crippen molar-refractivity contribution in [2.75, 3.05) is 25.1 Å². The molecule has 0 spiro atoms. The fraction of sp³-hybridized carbons (Fsp3) is 0.385. The second-order valence-corrected chi connectivity index (χ2v) is 8.83. The lowest BCUT2D eigenvalue weighted by Crippen LogP contribution is -2.47. The lowest BCUT2D eigenvalue weighted by molar-refractivity contribution is -0.121. The average molecular weight is 435 g/mol. The standard InChI is InChI=1S/C26H30N2O4/c1-15-7-9-20(17(3)11-15)23-24(27-13-18(4)32-19(5)14-27)26(30)28(25(23)29)21-12-16(2)8-10-22(21)31-6/h7-12,18-19H,13-14H2,1-6H3. The zero-order valence-electron chi connectivity index (χ0n) is 19.6. The number of rotatable bonds is 4. The van der Waals surface area contributed by atoms with Crippen molar-refractivity contribution in [2.45, 2.75) is 46.8 Å². The first kappa shape index (κ1) is 22.1. The maximum absolute atomic E-state index is 13.9. The van der Waals surface area contributed by atoms with Gasteiger partial charge in [-0.25, -0.2) is 4.90 Å². The number of methoxy groups -OCH3 is 1. The van der Waals surface area contributed by atoms with Crippen molar-refractivity contribution in [3.05, 3.63) is 64.3 Å². The van der Waals surface area contributed by atoms with E-state index in [4.69, 9.17) is 9.47 Å². The monoisotopic (exact) mass is 434 g/mol. The molecular formula is C26H30N2O4. The summed E-state index contributed by atoms with van der Waals surface area (Å²) in [4.78, 5) is 31.0. The molecule has 0 N–H and O–H groups in total. The van der Waals surface area contributed by atoms with E-state index < -0.39 is 0 Å². The number of benzene rings is 2. The van der Waals surface area contributed by atoms with E-state index in [1.54, 1.807) is 13.2 Å². The minimum Gasteiger partial charge on any atom is -0.495 e. The molecule has 0 radical (unpaired) electrons. The van der Waals surface area contributed by atoms with E-state index in [1.165, 1.54) is 4.90 Å². The maximum Gasteiger partial charge on any atom is 0.282 e. The third kappa shape index (κ3) is 3.79. The molecule has 2 aromatic rings. The predicted molar refractivity (Wildman–Crippen MR) is 125 cm³/mol. The van der Waals surface area contributed by atoms with Crippen molar-refractivity contribution < 1.29 is 19.1 Å². The summed E-state index contributed by atoms with van der Waals surface area (Å²) < 4.78 is 11.4. The van der Waals surface area contributed by atoms with Gasteiger partial charge in [0.05, 0.1) is 30.6 Å². The molecule has 0 aliphatic carbocycles. The molecule has 168 valence electrons. The molecule has 0 bridgehead atoms. The summed E-state index contributed by atoms with van der Waals surface area (Å²) in [5.41, 5.74) is 5.14. The van der Waals surface area contributed by atoms with Gasteiger partial charge in [-0.15, -0.1) is 0 Å². The molecule has 6 heteroatoms. The van der Waals surface area contributed by atoms with Gasteiger partial charge in [0.25, 0.3) is 11.8 Å². The molecule has 0 aromatic heterocycles. The summed E-state index contributed by atoms with van der Waals surface area (Å²) in [6.45, 7) is 11.0. The highest BCUT2D eigenvalue weighted by Gasteiger charge is 2.45. The van der Waals surface area contributed by atoms with Crippen molar-refractivity contribution in [3.8, 4) is 5.75 Å². The molecule has 1 saturated heterocycles. The van der Waals surface area contributed by atoms with Gasteiger partial charge in [0.1, 0.15) is 11.4 Å². The molecule has 0 saturated carbocycles. The minimum atomic E-state index is -0.326. The SMILES string of the molecule is COc1ccc(C)cc1N1C(=O)C(c2ccc(C)cc2C)=C(N2CC(C)OC(C)C2)C1=O. The van der Waals surface area contributed by atoms with E-state index in [2.05, 4.69) is 0 Å². The molecule has 2 heterocycles. The molecular weight excluding hydrogens is 404 g/mol. The lowest BCUT2D eigenvalue weighted by atomic mass is 9.97. The quantitative estimate of drug-likeness (QED) is 0.681. The topological polar surface area (TPSA) is 59.1 Å². The van der Waals surface area contributed by atoms with Gasteiger partial charge in [0, 0.05) is 13.1 Å². The molecule has 2 amide bonds. The van der Waals surface area contributed by atoms with Gasteiger partial charge in [0.15, 0.2) is 0 Å². The zero-order chi connectivity index (χ0) is 23.2. The molecule has 4 rings (SSSR count). The van der Waals surface area contributed by atoms with Crippen LogP contribution in [-0.4, -0.2) is 49.1 Å². The van der Waals surface area contributed by atoms with Crippen LogP contribution in [0, 0.1) is 20.8 Å². The van der Waals surface area contributed by atoms with E-state index in [-0.39, 0.29) is 24.0 Å². The van der Waals surface area contributed by atoms with E-state index in [9.17, 15) is 9.59 Å². The summed E-state index contributed by atoms with van der Waals surface area (Å²) in [7, 11) is 1.55. The Kier molecular flexibility index (Phi) is 5.82.